The first-order chi connectivity index (χ1) is 18.8. The SMILES string of the molecule is CC1C2N(CC3CC3)C23Cc2ccc(C(=O)NCCc4ccc(-c5ccc(C(N)=O)cc5)cc4)cc2C1(C)C3. The molecule has 2 saturated carbocycles. The molecule has 3 fully saturated rings. The molecule has 5 unspecified atom stereocenters. The molecule has 5 nitrogen and oxygen atoms in total. The van der Waals surface area contributed by atoms with E-state index in [0.717, 1.165) is 35.4 Å². The zero-order valence-corrected chi connectivity index (χ0v) is 22.9. The molecule has 2 amide bonds. The van der Waals surface area contributed by atoms with Gasteiger partial charge in [-0.25, -0.2) is 0 Å². The average molecular weight is 520 g/mol. The van der Waals surface area contributed by atoms with E-state index in [0.29, 0.717) is 29.6 Å². The highest BCUT2D eigenvalue weighted by Gasteiger charge is 2.75. The van der Waals surface area contributed by atoms with E-state index < -0.39 is 5.91 Å². The molecule has 3 aliphatic carbocycles. The van der Waals surface area contributed by atoms with Gasteiger partial charge in [-0.15, -0.1) is 0 Å². The zero-order valence-electron chi connectivity index (χ0n) is 22.9. The van der Waals surface area contributed by atoms with Crippen LogP contribution in [0.3, 0.4) is 0 Å². The minimum Gasteiger partial charge on any atom is -0.366 e. The lowest BCUT2D eigenvalue weighted by Crippen LogP contribution is -2.40. The number of likely N-dealkylation sites (tertiary alicyclic amines) is 1. The van der Waals surface area contributed by atoms with Crippen LogP contribution in [0.15, 0.2) is 66.7 Å². The van der Waals surface area contributed by atoms with E-state index in [2.05, 4.69) is 60.5 Å². The maximum atomic E-state index is 13.1. The Kier molecular flexibility index (Phi) is 5.54. The first-order valence-electron chi connectivity index (χ1n) is 14.5. The Morgan fingerprint density at radius 2 is 1.64 bits per heavy atom. The Labute approximate surface area is 230 Å². The summed E-state index contributed by atoms with van der Waals surface area (Å²) in [6.07, 6.45) is 5.99. The summed E-state index contributed by atoms with van der Waals surface area (Å²) in [4.78, 5) is 27.3. The minimum atomic E-state index is -0.419. The molecule has 1 saturated heterocycles. The topological polar surface area (TPSA) is 75.2 Å². The molecular weight excluding hydrogens is 482 g/mol. The van der Waals surface area contributed by atoms with Crippen molar-refractivity contribution in [1.29, 1.82) is 0 Å². The van der Waals surface area contributed by atoms with E-state index >= 15 is 0 Å². The Balaban J connectivity index is 0.983. The molecular formula is C34H37N3O2. The number of nitrogens with one attached hydrogen (secondary N) is 1. The normalized spacial score (nSPS) is 29.8. The van der Waals surface area contributed by atoms with E-state index in [-0.39, 0.29) is 11.3 Å². The highest BCUT2D eigenvalue weighted by atomic mass is 16.2. The van der Waals surface area contributed by atoms with Crippen LogP contribution in [-0.4, -0.2) is 41.4 Å². The molecule has 2 bridgehead atoms. The second-order valence-electron chi connectivity index (χ2n) is 12.7. The van der Waals surface area contributed by atoms with Gasteiger partial charge >= 0.3 is 0 Å². The van der Waals surface area contributed by atoms with Gasteiger partial charge in [-0.3, -0.25) is 14.5 Å². The Bertz CT molecular complexity index is 1460. The van der Waals surface area contributed by atoms with Gasteiger partial charge in [-0.1, -0.05) is 56.3 Å². The molecule has 3 aromatic carbocycles. The predicted molar refractivity (Wildman–Crippen MR) is 154 cm³/mol. The van der Waals surface area contributed by atoms with E-state index in [1.165, 1.54) is 42.5 Å². The van der Waals surface area contributed by atoms with Crippen LogP contribution >= 0.6 is 0 Å². The summed E-state index contributed by atoms with van der Waals surface area (Å²) in [6.45, 7) is 6.78. The molecule has 1 spiro atoms. The second kappa shape index (κ2) is 8.79. The summed E-state index contributed by atoms with van der Waals surface area (Å²) in [5, 5.41) is 3.15. The van der Waals surface area contributed by atoms with E-state index in [4.69, 9.17) is 5.73 Å². The van der Waals surface area contributed by atoms with E-state index in [1.54, 1.807) is 12.1 Å². The number of benzene rings is 3. The van der Waals surface area contributed by atoms with Gasteiger partial charge in [-0.05, 0) is 101 Å². The highest BCUT2D eigenvalue weighted by molar-refractivity contribution is 5.94. The van der Waals surface area contributed by atoms with Crippen molar-refractivity contribution in [2.24, 2.45) is 17.6 Å². The second-order valence-corrected chi connectivity index (χ2v) is 12.7. The van der Waals surface area contributed by atoms with Crippen LogP contribution in [0.1, 0.15) is 70.5 Å². The fourth-order valence-electron chi connectivity index (χ4n) is 7.88. The molecule has 4 aliphatic rings. The number of piperidine rings is 1. The third-order valence-electron chi connectivity index (χ3n) is 10.3. The van der Waals surface area contributed by atoms with Crippen LogP contribution in [0.25, 0.3) is 11.1 Å². The first kappa shape index (κ1) is 24.6. The van der Waals surface area contributed by atoms with Crippen LogP contribution < -0.4 is 11.1 Å². The van der Waals surface area contributed by atoms with Crippen molar-refractivity contribution in [2.45, 2.75) is 62.9 Å². The van der Waals surface area contributed by atoms with Gasteiger partial charge in [0.25, 0.3) is 5.91 Å². The third kappa shape index (κ3) is 4.01. The standard InChI is InChI=1S/C34H37N3O2/c1-21-30-34(37(30)19-23-3-4-23)18-28-14-13-27(17-29(28)33(21,2)20-34)32(39)36-16-15-22-5-7-24(8-6-22)25-9-11-26(12-10-25)31(35)38/h5-14,17,21,23,30H,3-4,15-16,18-20H2,1-2H3,(H2,35,38)(H,36,39). The van der Waals surface area contributed by atoms with Crippen molar-refractivity contribution >= 4 is 11.8 Å². The average Bonchev–Trinajstić information content (AvgIpc) is 3.85. The van der Waals surface area contributed by atoms with E-state index in [1.807, 2.05) is 18.2 Å². The van der Waals surface area contributed by atoms with Crippen molar-refractivity contribution in [2.75, 3.05) is 13.1 Å². The van der Waals surface area contributed by atoms with Crippen LogP contribution in [0.4, 0.5) is 0 Å². The number of nitrogens with zero attached hydrogens (tertiary/aromatic N) is 1. The van der Waals surface area contributed by atoms with Gasteiger partial charge in [0.15, 0.2) is 0 Å². The molecule has 5 atom stereocenters. The van der Waals surface area contributed by atoms with Gasteiger partial charge in [0, 0.05) is 35.8 Å². The van der Waals surface area contributed by atoms with E-state index in [9.17, 15) is 9.59 Å². The molecule has 3 N–H and O–H groups in total. The predicted octanol–water partition coefficient (Wildman–Crippen LogP) is 5.11. The largest absolute Gasteiger partial charge is 0.366 e. The Morgan fingerprint density at radius 1 is 0.974 bits per heavy atom. The quantitative estimate of drug-likeness (QED) is 0.406. The molecule has 7 rings (SSSR count). The molecule has 3 aromatic rings. The van der Waals surface area contributed by atoms with Gasteiger partial charge in [0.2, 0.25) is 5.91 Å². The number of amides is 2. The first-order valence-corrected chi connectivity index (χ1v) is 14.5. The summed E-state index contributed by atoms with van der Waals surface area (Å²) in [5.74, 6) is 1.16. The Hall–Kier alpha value is -3.44. The third-order valence-corrected chi connectivity index (χ3v) is 10.3. The zero-order chi connectivity index (χ0) is 26.9. The lowest BCUT2D eigenvalue weighted by atomic mass is 9.67. The van der Waals surface area contributed by atoms with Crippen LogP contribution in [0.5, 0.6) is 0 Å². The number of fused-ring (bicyclic) bond motifs is 3. The van der Waals surface area contributed by atoms with Crippen molar-refractivity contribution < 1.29 is 9.59 Å². The van der Waals surface area contributed by atoms with Gasteiger partial charge in [0.1, 0.15) is 0 Å². The Morgan fingerprint density at radius 3 is 2.31 bits per heavy atom. The maximum absolute atomic E-state index is 13.1. The summed E-state index contributed by atoms with van der Waals surface area (Å²) in [6, 6.07) is 22.8. The van der Waals surface area contributed by atoms with Crippen molar-refractivity contribution in [3.05, 3.63) is 94.5 Å². The number of primary amides is 1. The lowest BCUT2D eigenvalue weighted by molar-refractivity contribution is 0.0952. The number of carbonyl (C=O) groups excluding carboxylic acids is 2. The maximum Gasteiger partial charge on any atom is 0.251 e. The number of hydrogen-bond acceptors (Lipinski definition) is 3. The number of nitrogens with two attached hydrogens (primary N) is 1. The fraction of sp³-hybridized carbons (Fsp3) is 0.412. The summed E-state index contributed by atoms with van der Waals surface area (Å²) in [7, 11) is 0. The van der Waals surface area contributed by atoms with Crippen molar-refractivity contribution in [1.82, 2.24) is 10.2 Å². The van der Waals surface area contributed by atoms with Crippen molar-refractivity contribution in [3.8, 4) is 11.1 Å². The summed E-state index contributed by atoms with van der Waals surface area (Å²) < 4.78 is 0. The van der Waals surface area contributed by atoms with Crippen LogP contribution in [0.2, 0.25) is 0 Å². The highest BCUT2D eigenvalue weighted by Crippen LogP contribution is 2.68. The summed E-state index contributed by atoms with van der Waals surface area (Å²) in [5.41, 5.74) is 13.3. The van der Waals surface area contributed by atoms with Gasteiger partial charge in [0.05, 0.1) is 0 Å². The lowest BCUT2D eigenvalue weighted by Gasteiger charge is -2.41. The van der Waals surface area contributed by atoms with Crippen molar-refractivity contribution in [3.63, 3.8) is 0 Å². The molecule has 0 aromatic heterocycles. The fourth-order valence-corrected chi connectivity index (χ4v) is 7.88. The molecule has 0 radical (unpaired) electrons. The van der Waals surface area contributed by atoms with Gasteiger partial charge < -0.3 is 11.1 Å². The molecule has 1 heterocycles. The number of hydrogen-bond donors (Lipinski definition) is 2. The van der Waals surface area contributed by atoms with Crippen LogP contribution in [-0.2, 0) is 18.3 Å². The van der Waals surface area contributed by atoms with Crippen LogP contribution in [0, 0.1) is 11.8 Å². The van der Waals surface area contributed by atoms with Gasteiger partial charge in [-0.2, -0.15) is 0 Å². The number of carbonyl (C=O) groups is 2. The minimum absolute atomic E-state index is 0.0130. The molecule has 5 heteroatoms. The monoisotopic (exact) mass is 519 g/mol. The molecule has 39 heavy (non-hydrogen) atoms. The summed E-state index contributed by atoms with van der Waals surface area (Å²) >= 11 is 0. The molecule has 1 aliphatic heterocycles. The smallest absolute Gasteiger partial charge is 0.251 e. The molecule has 200 valence electrons. The number of rotatable bonds is 8.